The topological polar surface area (TPSA) is 75.7 Å². The van der Waals surface area contributed by atoms with Crippen LogP contribution in [0.25, 0.3) is 6.08 Å². The monoisotopic (exact) mass is 478 g/mol. The van der Waals surface area contributed by atoms with E-state index < -0.39 is 23.4 Å². The first-order valence-electron chi connectivity index (χ1n) is 12.0. The molecule has 36 heavy (non-hydrogen) atoms. The van der Waals surface area contributed by atoms with Gasteiger partial charge in [0.05, 0.1) is 25.1 Å². The molecule has 3 aliphatic rings. The van der Waals surface area contributed by atoms with E-state index in [1.54, 1.807) is 31.4 Å². The molecule has 4 unspecified atom stereocenters. The van der Waals surface area contributed by atoms with Crippen LogP contribution >= 0.6 is 0 Å². The third-order valence-corrected chi connectivity index (χ3v) is 7.84. The molecular weight excluding hydrogens is 452 g/mol. The van der Waals surface area contributed by atoms with Crippen LogP contribution in [0.3, 0.4) is 0 Å². The summed E-state index contributed by atoms with van der Waals surface area (Å²) in [7, 11) is 1.55. The van der Waals surface area contributed by atoms with Crippen molar-refractivity contribution >= 4 is 34.9 Å². The van der Waals surface area contributed by atoms with Gasteiger partial charge in [0.15, 0.2) is 11.6 Å². The fourth-order valence-corrected chi connectivity index (χ4v) is 6.41. The maximum Gasteiger partial charge on any atom is 0.238 e. The standard InChI is InChI=1S/C30H26N2O4/c1-17-11-13-24-19(15-17)12-14-25-30(22-9-4-5-10-23(22)31-29(30)35)26(27(18(2)33)32(24)25)28(34)20-7-6-8-21(16-20)36-3/h4-16,25-27H,1-3H3,(H,31,35). The lowest BCUT2D eigenvalue weighted by Crippen LogP contribution is -2.51. The molecule has 3 aromatic rings. The Morgan fingerprint density at radius 1 is 1.03 bits per heavy atom. The molecule has 4 atom stereocenters. The number of rotatable bonds is 4. The van der Waals surface area contributed by atoms with Gasteiger partial charge in [0.25, 0.3) is 0 Å². The molecule has 1 fully saturated rings. The summed E-state index contributed by atoms with van der Waals surface area (Å²) in [6.07, 6.45) is 3.99. The molecule has 180 valence electrons. The van der Waals surface area contributed by atoms with Gasteiger partial charge in [-0.15, -0.1) is 0 Å². The van der Waals surface area contributed by atoms with E-state index >= 15 is 0 Å². The predicted octanol–water partition coefficient (Wildman–Crippen LogP) is 4.57. The van der Waals surface area contributed by atoms with E-state index in [-0.39, 0.29) is 17.5 Å². The van der Waals surface area contributed by atoms with E-state index in [2.05, 4.69) is 11.4 Å². The van der Waals surface area contributed by atoms with Gasteiger partial charge >= 0.3 is 0 Å². The second-order valence-electron chi connectivity index (χ2n) is 9.77. The number of hydrogen-bond acceptors (Lipinski definition) is 5. The van der Waals surface area contributed by atoms with E-state index in [9.17, 15) is 14.4 Å². The summed E-state index contributed by atoms with van der Waals surface area (Å²) in [6, 6.07) is 19.1. The first-order valence-corrected chi connectivity index (χ1v) is 12.0. The summed E-state index contributed by atoms with van der Waals surface area (Å²) in [6.45, 7) is 3.53. The highest BCUT2D eigenvalue weighted by molar-refractivity contribution is 6.16. The molecule has 1 saturated heterocycles. The van der Waals surface area contributed by atoms with Gasteiger partial charge in [0, 0.05) is 16.9 Å². The van der Waals surface area contributed by atoms with Gasteiger partial charge in [-0.1, -0.05) is 54.1 Å². The van der Waals surface area contributed by atoms with Crippen LogP contribution in [-0.4, -0.2) is 36.7 Å². The fourth-order valence-electron chi connectivity index (χ4n) is 6.41. The lowest BCUT2D eigenvalue weighted by molar-refractivity contribution is -0.122. The Labute approximate surface area is 209 Å². The maximum atomic E-state index is 14.4. The van der Waals surface area contributed by atoms with Crippen LogP contribution in [0.2, 0.25) is 0 Å². The molecule has 6 heteroatoms. The van der Waals surface area contributed by atoms with Crippen molar-refractivity contribution in [2.75, 3.05) is 17.3 Å². The third kappa shape index (κ3) is 2.87. The Hall–Kier alpha value is -4.19. The summed E-state index contributed by atoms with van der Waals surface area (Å²) in [5.41, 5.74) is 3.48. The number of carbonyl (C=O) groups excluding carboxylic acids is 3. The van der Waals surface area contributed by atoms with Crippen LogP contribution in [-0.2, 0) is 15.0 Å². The zero-order valence-corrected chi connectivity index (χ0v) is 20.3. The van der Waals surface area contributed by atoms with E-state index in [0.717, 1.165) is 22.4 Å². The highest BCUT2D eigenvalue weighted by Crippen LogP contribution is 2.57. The van der Waals surface area contributed by atoms with Crippen LogP contribution in [0.4, 0.5) is 11.4 Å². The molecule has 6 nitrogen and oxygen atoms in total. The number of aryl methyl sites for hydroxylation is 1. The van der Waals surface area contributed by atoms with Gasteiger partial charge in [0.1, 0.15) is 11.2 Å². The quantitative estimate of drug-likeness (QED) is 0.556. The summed E-state index contributed by atoms with van der Waals surface area (Å²) in [5, 5.41) is 3.03. The van der Waals surface area contributed by atoms with Crippen LogP contribution in [0.15, 0.2) is 72.8 Å². The number of para-hydroxylation sites is 1. The Kier molecular flexibility index (Phi) is 4.90. The van der Waals surface area contributed by atoms with Crippen molar-refractivity contribution in [3.63, 3.8) is 0 Å². The molecule has 0 radical (unpaired) electrons. The van der Waals surface area contributed by atoms with E-state index in [0.29, 0.717) is 17.0 Å². The van der Waals surface area contributed by atoms with Crippen LogP contribution < -0.4 is 15.0 Å². The molecule has 3 heterocycles. The molecule has 3 aromatic carbocycles. The zero-order chi connectivity index (χ0) is 25.2. The van der Waals surface area contributed by atoms with Gasteiger partial charge in [-0.05, 0) is 55.3 Å². The highest BCUT2D eigenvalue weighted by Gasteiger charge is 2.69. The van der Waals surface area contributed by atoms with Crippen molar-refractivity contribution in [2.45, 2.75) is 31.3 Å². The SMILES string of the molecule is COc1cccc(C(=O)C2C(C(C)=O)N3c4ccc(C)cc4C=CC3C23C(=O)Nc2ccccc23)c1. The van der Waals surface area contributed by atoms with Crippen LogP contribution in [0.5, 0.6) is 5.75 Å². The van der Waals surface area contributed by atoms with E-state index in [4.69, 9.17) is 4.74 Å². The van der Waals surface area contributed by atoms with Gasteiger partial charge in [-0.2, -0.15) is 0 Å². The van der Waals surface area contributed by atoms with Gasteiger partial charge in [-0.3, -0.25) is 14.4 Å². The largest absolute Gasteiger partial charge is 0.497 e. The van der Waals surface area contributed by atoms with Crippen LogP contribution in [0.1, 0.15) is 34.0 Å². The molecule has 0 saturated carbocycles. The van der Waals surface area contributed by atoms with Crippen molar-refractivity contribution in [3.05, 3.63) is 95.1 Å². The van der Waals surface area contributed by atoms with Crippen molar-refractivity contribution in [1.29, 1.82) is 0 Å². The van der Waals surface area contributed by atoms with Crippen LogP contribution in [0, 0.1) is 12.8 Å². The molecule has 0 bridgehead atoms. The zero-order valence-electron chi connectivity index (χ0n) is 20.3. The minimum atomic E-state index is -1.27. The Morgan fingerprint density at radius 3 is 2.61 bits per heavy atom. The van der Waals surface area contributed by atoms with Crippen molar-refractivity contribution in [2.24, 2.45) is 5.92 Å². The second-order valence-corrected chi connectivity index (χ2v) is 9.77. The number of nitrogens with zero attached hydrogens (tertiary/aromatic N) is 1. The number of benzene rings is 3. The number of ketones is 2. The Bertz CT molecular complexity index is 1480. The number of Topliss-reactive ketones (excluding diaryl/α,β-unsaturated/α-hetero) is 2. The number of methoxy groups -OCH3 is 1. The Morgan fingerprint density at radius 2 is 1.83 bits per heavy atom. The lowest BCUT2D eigenvalue weighted by atomic mass is 9.64. The smallest absolute Gasteiger partial charge is 0.238 e. The Balaban J connectivity index is 1.65. The van der Waals surface area contributed by atoms with Gasteiger partial charge in [-0.25, -0.2) is 0 Å². The summed E-state index contributed by atoms with van der Waals surface area (Å²) in [5.74, 6) is -1.06. The first kappa shape index (κ1) is 22.3. The van der Waals surface area contributed by atoms with E-state index in [1.807, 2.05) is 60.4 Å². The molecule has 0 aromatic heterocycles. The molecule has 3 aliphatic heterocycles. The maximum absolute atomic E-state index is 14.4. The normalized spacial score (nSPS) is 25.2. The van der Waals surface area contributed by atoms with Crippen molar-refractivity contribution in [1.82, 2.24) is 0 Å². The average Bonchev–Trinajstić information content (AvgIpc) is 3.36. The summed E-state index contributed by atoms with van der Waals surface area (Å²) >= 11 is 0. The molecule has 6 rings (SSSR count). The van der Waals surface area contributed by atoms with Gasteiger partial charge in [0.2, 0.25) is 5.91 Å². The number of hydrogen-bond donors (Lipinski definition) is 1. The molecule has 1 spiro atoms. The fraction of sp³-hybridized carbons (Fsp3) is 0.233. The van der Waals surface area contributed by atoms with Gasteiger partial charge < -0.3 is 15.0 Å². The summed E-state index contributed by atoms with van der Waals surface area (Å²) in [4.78, 5) is 43.9. The number of amides is 1. The number of carbonyl (C=O) groups is 3. The first-order chi connectivity index (χ1) is 17.4. The number of nitrogens with one attached hydrogen (secondary N) is 1. The molecule has 0 aliphatic carbocycles. The molecule has 1 N–H and O–H groups in total. The third-order valence-electron chi connectivity index (χ3n) is 7.84. The minimum absolute atomic E-state index is 0.155. The summed E-state index contributed by atoms with van der Waals surface area (Å²) < 4.78 is 5.37. The average molecular weight is 479 g/mol. The van der Waals surface area contributed by atoms with Crippen molar-refractivity contribution in [3.8, 4) is 5.75 Å². The van der Waals surface area contributed by atoms with E-state index in [1.165, 1.54) is 6.92 Å². The predicted molar refractivity (Wildman–Crippen MR) is 139 cm³/mol. The number of anilines is 2. The molecule has 1 amide bonds. The lowest BCUT2D eigenvalue weighted by Gasteiger charge is -2.37. The molecular formula is C30H26N2O4. The number of fused-ring (bicyclic) bond motifs is 6. The van der Waals surface area contributed by atoms with Crippen molar-refractivity contribution < 1.29 is 19.1 Å². The minimum Gasteiger partial charge on any atom is -0.497 e. The number of ether oxygens (including phenoxy) is 1. The second kappa shape index (κ2) is 7.92. The highest BCUT2D eigenvalue weighted by atomic mass is 16.5.